The van der Waals surface area contributed by atoms with Gasteiger partial charge in [-0.05, 0) is 25.0 Å². The van der Waals surface area contributed by atoms with Crippen LogP contribution in [0.5, 0.6) is 5.75 Å². The normalized spacial score (nSPS) is 13.3. The summed E-state index contributed by atoms with van der Waals surface area (Å²) < 4.78 is 103. The summed E-state index contributed by atoms with van der Waals surface area (Å²) in [6.07, 6.45) is -0.331. The van der Waals surface area contributed by atoms with Crippen LogP contribution in [0.3, 0.4) is 0 Å². The Morgan fingerprint density at radius 2 is 1.18 bits per heavy atom. The molecule has 4 N–H and O–H groups in total. The second kappa shape index (κ2) is 7.09. The summed E-state index contributed by atoms with van der Waals surface area (Å²) >= 11 is 0. The van der Waals surface area contributed by atoms with Crippen molar-refractivity contribution in [3.05, 3.63) is 48.0 Å². The number of benzene rings is 4. The van der Waals surface area contributed by atoms with E-state index in [4.69, 9.17) is 0 Å². The van der Waals surface area contributed by atoms with E-state index in [0.29, 0.717) is 5.57 Å². The SMILES string of the molecule is C=C(C)Cc1c(S(=O)(=O)O)c2ccc3c(O)cc(S(=O)(=O)O)c4ccc(c1S(=O)(=O)O)c2c34. The fourth-order valence-electron chi connectivity index (χ4n) is 4.27. The van der Waals surface area contributed by atoms with Gasteiger partial charge in [-0.25, -0.2) is 0 Å². The minimum absolute atomic E-state index is 0.0192. The Hall–Kier alpha value is -2.81. The van der Waals surface area contributed by atoms with Crippen LogP contribution in [0, 0.1) is 0 Å². The maximum Gasteiger partial charge on any atom is 0.295 e. The molecular weight excluding hydrogens is 496 g/mol. The van der Waals surface area contributed by atoms with Crippen molar-refractivity contribution in [2.45, 2.75) is 28.0 Å². The first-order chi connectivity index (χ1) is 15.0. The molecule has 0 aliphatic carbocycles. The third-order valence-corrected chi connectivity index (χ3v) is 8.14. The zero-order chi connectivity index (χ0) is 24.7. The lowest BCUT2D eigenvalue weighted by molar-refractivity contribution is 0.471. The Morgan fingerprint density at radius 3 is 1.61 bits per heavy atom. The van der Waals surface area contributed by atoms with E-state index in [0.717, 1.165) is 12.1 Å². The van der Waals surface area contributed by atoms with Crippen LogP contribution in [-0.2, 0) is 36.8 Å². The Kier molecular flexibility index (Phi) is 5.02. The second-order valence-corrected chi connectivity index (χ2v) is 11.8. The first-order valence-corrected chi connectivity index (χ1v) is 13.4. The summed E-state index contributed by atoms with van der Waals surface area (Å²) in [6.45, 7) is 5.13. The predicted molar refractivity (Wildman–Crippen MR) is 120 cm³/mol. The van der Waals surface area contributed by atoms with Crippen LogP contribution in [0.1, 0.15) is 12.5 Å². The Balaban J connectivity index is 2.49. The molecule has 0 amide bonds. The van der Waals surface area contributed by atoms with Gasteiger partial charge in [0.05, 0.1) is 0 Å². The highest BCUT2D eigenvalue weighted by molar-refractivity contribution is 7.87. The largest absolute Gasteiger partial charge is 0.507 e. The molecule has 0 aliphatic rings. The number of rotatable bonds is 5. The Bertz CT molecular complexity index is 1780. The summed E-state index contributed by atoms with van der Waals surface area (Å²) in [6, 6.07) is 5.60. The summed E-state index contributed by atoms with van der Waals surface area (Å²) in [5.74, 6) is -0.586. The highest BCUT2D eigenvalue weighted by Crippen LogP contribution is 2.46. The number of aromatic hydroxyl groups is 1. The molecule has 0 bridgehead atoms. The molecule has 0 spiro atoms. The molecule has 33 heavy (non-hydrogen) atoms. The first kappa shape index (κ1) is 23.4. The Labute approximate surface area is 188 Å². The van der Waals surface area contributed by atoms with Crippen LogP contribution >= 0.6 is 0 Å². The smallest absolute Gasteiger partial charge is 0.295 e. The number of allylic oxidation sites excluding steroid dienone is 1. The van der Waals surface area contributed by atoms with Gasteiger partial charge in [-0.15, -0.1) is 0 Å². The van der Waals surface area contributed by atoms with Crippen molar-refractivity contribution in [3.8, 4) is 5.75 Å². The van der Waals surface area contributed by atoms with Crippen molar-refractivity contribution in [2.75, 3.05) is 0 Å². The average Bonchev–Trinajstić information content (AvgIpc) is 2.63. The van der Waals surface area contributed by atoms with Gasteiger partial charge in [-0.2, -0.15) is 25.3 Å². The molecule has 0 radical (unpaired) electrons. The third-order valence-electron chi connectivity index (χ3n) is 5.28. The van der Waals surface area contributed by atoms with Crippen molar-refractivity contribution in [1.82, 2.24) is 0 Å². The van der Waals surface area contributed by atoms with E-state index in [1.807, 2.05) is 0 Å². The van der Waals surface area contributed by atoms with E-state index in [1.54, 1.807) is 0 Å². The van der Waals surface area contributed by atoms with Gasteiger partial charge < -0.3 is 5.11 Å². The Morgan fingerprint density at radius 1 is 0.758 bits per heavy atom. The number of hydrogen-bond acceptors (Lipinski definition) is 7. The van der Waals surface area contributed by atoms with E-state index in [-0.39, 0.29) is 38.7 Å². The maximum absolute atomic E-state index is 12.4. The van der Waals surface area contributed by atoms with Crippen LogP contribution in [0.25, 0.3) is 32.3 Å². The van der Waals surface area contributed by atoms with Gasteiger partial charge in [-0.3, -0.25) is 13.7 Å². The molecule has 0 saturated heterocycles. The minimum atomic E-state index is -5.08. The molecule has 0 heterocycles. The molecule has 4 aromatic carbocycles. The lowest BCUT2D eigenvalue weighted by atomic mass is 9.91. The van der Waals surface area contributed by atoms with Gasteiger partial charge in [0.25, 0.3) is 30.4 Å². The third kappa shape index (κ3) is 3.62. The fraction of sp³-hybridized carbons (Fsp3) is 0.100. The summed E-state index contributed by atoms with van der Waals surface area (Å²) in [5.41, 5.74) is -0.0958. The second-order valence-electron chi connectivity index (χ2n) is 7.66. The van der Waals surface area contributed by atoms with Crippen molar-refractivity contribution in [1.29, 1.82) is 0 Å². The number of phenolic OH excluding ortho intramolecular Hbond substituents is 1. The molecule has 13 heteroatoms. The van der Waals surface area contributed by atoms with E-state index in [2.05, 4.69) is 6.58 Å². The molecule has 4 rings (SSSR count). The first-order valence-electron chi connectivity index (χ1n) is 9.09. The fourth-order valence-corrected chi connectivity index (χ4v) is 6.91. The van der Waals surface area contributed by atoms with Crippen molar-refractivity contribution >= 4 is 62.7 Å². The molecule has 10 nitrogen and oxygen atoms in total. The van der Waals surface area contributed by atoms with Crippen LogP contribution in [0.2, 0.25) is 0 Å². The molecule has 0 atom stereocenters. The molecule has 0 aromatic heterocycles. The molecule has 0 fully saturated rings. The lowest BCUT2D eigenvalue weighted by Gasteiger charge is -2.20. The number of hydrogen-bond donors (Lipinski definition) is 4. The van der Waals surface area contributed by atoms with Crippen molar-refractivity contribution in [2.24, 2.45) is 0 Å². The summed E-state index contributed by atoms with van der Waals surface area (Å²) in [5, 5.41) is 9.68. The topological polar surface area (TPSA) is 183 Å². The molecule has 0 saturated carbocycles. The van der Waals surface area contributed by atoms with Gasteiger partial charge in [0.2, 0.25) is 0 Å². The summed E-state index contributed by atoms with van der Waals surface area (Å²) in [7, 11) is -15.0. The van der Waals surface area contributed by atoms with Crippen molar-refractivity contribution in [3.63, 3.8) is 0 Å². The maximum atomic E-state index is 12.4. The van der Waals surface area contributed by atoms with E-state index < -0.39 is 56.4 Å². The van der Waals surface area contributed by atoms with Crippen molar-refractivity contribution < 1.29 is 44.0 Å². The molecule has 0 unspecified atom stereocenters. The van der Waals surface area contributed by atoms with Gasteiger partial charge >= 0.3 is 0 Å². The average molecular weight is 513 g/mol. The van der Waals surface area contributed by atoms with Gasteiger partial charge in [-0.1, -0.05) is 30.4 Å². The zero-order valence-corrected chi connectivity index (χ0v) is 19.2. The quantitative estimate of drug-likeness (QED) is 0.176. The zero-order valence-electron chi connectivity index (χ0n) is 16.8. The van der Waals surface area contributed by atoms with Crippen LogP contribution < -0.4 is 0 Å². The van der Waals surface area contributed by atoms with Gasteiger partial charge in [0.1, 0.15) is 20.4 Å². The standard InChI is InChI=1S/C20H16O10S3/c1-9(2)7-14-19(32(25,26)27)12-5-3-10-15(21)8-16(31(22,23)24)11-4-6-13(18(12)17(10)11)20(14)33(28,29)30/h3-6,8,21H,1,7H2,2H3,(H,22,23,24)(H,25,26,27)(H,28,29,30). The highest BCUT2D eigenvalue weighted by atomic mass is 32.2. The summed E-state index contributed by atoms with van der Waals surface area (Å²) in [4.78, 5) is -2.32. The molecule has 174 valence electrons. The molecule has 4 aromatic rings. The van der Waals surface area contributed by atoms with E-state index >= 15 is 0 Å². The van der Waals surface area contributed by atoms with E-state index in [9.17, 15) is 44.0 Å². The van der Waals surface area contributed by atoms with Crippen LogP contribution in [-0.4, -0.2) is 44.0 Å². The van der Waals surface area contributed by atoms with Crippen LogP contribution in [0.15, 0.2) is 57.2 Å². The molecular formula is C20H16O10S3. The monoisotopic (exact) mass is 512 g/mol. The number of phenols is 1. The van der Waals surface area contributed by atoms with E-state index in [1.165, 1.54) is 25.1 Å². The van der Waals surface area contributed by atoms with Gasteiger partial charge in [0.15, 0.2) is 0 Å². The lowest BCUT2D eigenvalue weighted by Crippen LogP contribution is -2.13. The van der Waals surface area contributed by atoms with Gasteiger partial charge in [0, 0.05) is 38.4 Å². The van der Waals surface area contributed by atoms with Crippen LogP contribution in [0.4, 0.5) is 0 Å². The predicted octanol–water partition coefficient (Wildman–Crippen LogP) is 3.15. The highest BCUT2D eigenvalue weighted by Gasteiger charge is 2.32. The minimum Gasteiger partial charge on any atom is -0.507 e. The molecule has 0 aliphatic heterocycles.